The Hall–Kier alpha value is -1.55. The number of hydrogen-bond acceptors (Lipinski definition) is 4. The highest BCUT2D eigenvalue weighted by Gasteiger charge is 2.39. The van der Waals surface area contributed by atoms with Gasteiger partial charge in [-0.2, -0.15) is 0 Å². The van der Waals surface area contributed by atoms with Crippen LogP contribution in [0, 0.1) is 5.92 Å². The largest absolute Gasteiger partial charge is 0.508 e. The summed E-state index contributed by atoms with van der Waals surface area (Å²) in [6, 6.07) is 7.56. The van der Waals surface area contributed by atoms with Crippen molar-refractivity contribution < 1.29 is 10.3 Å². The van der Waals surface area contributed by atoms with E-state index in [2.05, 4.69) is 10.1 Å². The third-order valence-corrected chi connectivity index (χ3v) is 4.25. The van der Waals surface area contributed by atoms with Gasteiger partial charge in [-0.3, -0.25) is 4.90 Å². The molecule has 0 amide bonds. The van der Waals surface area contributed by atoms with Crippen LogP contribution < -0.4 is 0 Å². The molecule has 3 aliphatic heterocycles. The number of piperidine rings is 3. The minimum atomic E-state index is 0.149. The zero-order valence-electron chi connectivity index (χ0n) is 10.3. The monoisotopic (exact) mass is 246 g/mol. The van der Waals surface area contributed by atoms with E-state index >= 15 is 0 Å². The van der Waals surface area contributed by atoms with Gasteiger partial charge in [0.15, 0.2) is 0 Å². The molecule has 0 saturated carbocycles. The fraction of sp³-hybridized carbons (Fsp3) is 0.500. The number of phenolic OH excluding ortho intramolecular Hbond substituents is 1. The van der Waals surface area contributed by atoms with Crippen LogP contribution in [0.4, 0.5) is 0 Å². The first-order chi connectivity index (χ1) is 8.79. The molecule has 3 aliphatic rings. The Kier molecular flexibility index (Phi) is 2.96. The third kappa shape index (κ3) is 1.86. The number of phenols is 1. The van der Waals surface area contributed by atoms with Crippen LogP contribution in [0.1, 0.15) is 18.4 Å². The van der Waals surface area contributed by atoms with Gasteiger partial charge in [-0.25, -0.2) is 0 Å². The lowest BCUT2D eigenvalue weighted by Crippen LogP contribution is -2.56. The number of rotatable bonds is 2. The first-order valence-electron chi connectivity index (χ1n) is 6.52. The maximum Gasteiger partial charge on any atom is 0.118 e. The van der Waals surface area contributed by atoms with Crippen molar-refractivity contribution in [1.82, 2.24) is 4.90 Å². The summed E-state index contributed by atoms with van der Waals surface area (Å²) in [7, 11) is 0. The zero-order valence-corrected chi connectivity index (χ0v) is 10.3. The molecule has 3 heterocycles. The molecule has 18 heavy (non-hydrogen) atoms. The van der Waals surface area contributed by atoms with Gasteiger partial charge in [-0.1, -0.05) is 23.4 Å². The molecule has 1 atom stereocenters. The summed E-state index contributed by atoms with van der Waals surface area (Å²) in [6.07, 6.45) is 2.91. The van der Waals surface area contributed by atoms with Gasteiger partial charge in [-0.05, 0) is 44.0 Å². The van der Waals surface area contributed by atoms with Crippen molar-refractivity contribution in [1.29, 1.82) is 0 Å². The van der Waals surface area contributed by atoms with E-state index < -0.39 is 0 Å². The molecule has 4 heteroatoms. The van der Waals surface area contributed by atoms with E-state index in [-0.39, 0.29) is 6.04 Å². The van der Waals surface area contributed by atoms with Crippen molar-refractivity contribution in [2.45, 2.75) is 25.3 Å². The number of oxime groups is 1. The van der Waals surface area contributed by atoms with Crippen LogP contribution in [-0.4, -0.2) is 40.1 Å². The highest BCUT2D eigenvalue weighted by Crippen LogP contribution is 2.32. The number of benzene rings is 1. The van der Waals surface area contributed by atoms with E-state index in [1.54, 1.807) is 6.07 Å². The Morgan fingerprint density at radius 3 is 2.61 bits per heavy atom. The molecule has 0 aliphatic carbocycles. The molecule has 0 radical (unpaired) electrons. The summed E-state index contributed by atoms with van der Waals surface area (Å²) in [4.78, 5) is 2.36. The molecular formula is C14H18N2O2. The lowest BCUT2D eigenvalue weighted by molar-refractivity contribution is 0.137. The van der Waals surface area contributed by atoms with Crippen molar-refractivity contribution in [2.24, 2.45) is 11.1 Å². The van der Waals surface area contributed by atoms with Gasteiger partial charge >= 0.3 is 0 Å². The average Bonchev–Trinajstić information content (AvgIpc) is 2.42. The zero-order chi connectivity index (χ0) is 12.5. The van der Waals surface area contributed by atoms with Crippen LogP contribution in [0.5, 0.6) is 5.75 Å². The Labute approximate surface area is 107 Å². The summed E-state index contributed by atoms with van der Waals surface area (Å²) < 4.78 is 0. The second-order valence-corrected chi connectivity index (χ2v) is 5.18. The van der Waals surface area contributed by atoms with Gasteiger partial charge in [0.2, 0.25) is 0 Å². The maximum absolute atomic E-state index is 9.85. The molecule has 2 bridgehead atoms. The molecule has 3 saturated heterocycles. The van der Waals surface area contributed by atoms with Gasteiger partial charge in [0.25, 0.3) is 0 Å². The fourth-order valence-corrected chi connectivity index (χ4v) is 3.24. The third-order valence-electron chi connectivity index (χ3n) is 4.25. The smallest absolute Gasteiger partial charge is 0.118 e. The maximum atomic E-state index is 9.85. The Balaban J connectivity index is 1.85. The van der Waals surface area contributed by atoms with Gasteiger partial charge in [0.05, 0.1) is 11.8 Å². The number of fused-ring (bicyclic) bond motifs is 3. The predicted molar refractivity (Wildman–Crippen MR) is 69.1 cm³/mol. The van der Waals surface area contributed by atoms with Crippen LogP contribution >= 0.6 is 0 Å². The summed E-state index contributed by atoms with van der Waals surface area (Å²) >= 11 is 0. The first-order valence-corrected chi connectivity index (χ1v) is 6.52. The van der Waals surface area contributed by atoms with Crippen molar-refractivity contribution in [3.63, 3.8) is 0 Å². The van der Waals surface area contributed by atoms with Gasteiger partial charge in [-0.15, -0.1) is 0 Å². The van der Waals surface area contributed by atoms with Crippen LogP contribution in [0.2, 0.25) is 0 Å². The van der Waals surface area contributed by atoms with E-state index in [1.807, 2.05) is 18.2 Å². The molecule has 1 aromatic carbocycles. The first kappa shape index (κ1) is 11.5. The fourth-order valence-electron chi connectivity index (χ4n) is 3.24. The minimum Gasteiger partial charge on any atom is -0.508 e. The van der Waals surface area contributed by atoms with Crippen molar-refractivity contribution in [3.05, 3.63) is 29.8 Å². The van der Waals surface area contributed by atoms with Crippen LogP contribution in [0.25, 0.3) is 0 Å². The van der Waals surface area contributed by atoms with E-state index in [4.69, 9.17) is 0 Å². The van der Waals surface area contributed by atoms with Crippen molar-refractivity contribution in [2.75, 3.05) is 13.1 Å². The number of para-hydroxylation sites is 1. The van der Waals surface area contributed by atoms with Crippen LogP contribution in [0.15, 0.2) is 29.4 Å². The lowest BCUT2D eigenvalue weighted by atomic mass is 9.79. The van der Waals surface area contributed by atoms with Gasteiger partial charge in [0.1, 0.15) is 5.75 Å². The normalized spacial score (nSPS) is 32.9. The average molecular weight is 246 g/mol. The SMILES string of the molecule is O/N=C1\C2CCN(CC2)[C@@H]1Cc1ccccc1O. The van der Waals surface area contributed by atoms with Crippen molar-refractivity contribution >= 4 is 5.71 Å². The van der Waals surface area contributed by atoms with E-state index in [0.29, 0.717) is 11.7 Å². The number of nitrogens with zero attached hydrogens (tertiary/aromatic N) is 2. The highest BCUT2D eigenvalue weighted by atomic mass is 16.4. The summed E-state index contributed by atoms with van der Waals surface area (Å²) in [5.41, 5.74) is 1.83. The van der Waals surface area contributed by atoms with E-state index in [0.717, 1.165) is 43.6 Å². The molecular weight excluding hydrogens is 228 g/mol. The second-order valence-electron chi connectivity index (χ2n) is 5.18. The van der Waals surface area contributed by atoms with E-state index in [1.165, 1.54) is 0 Å². The summed E-state index contributed by atoms with van der Waals surface area (Å²) in [6.45, 7) is 2.14. The highest BCUT2D eigenvalue weighted by molar-refractivity contribution is 5.93. The summed E-state index contributed by atoms with van der Waals surface area (Å²) in [5, 5.41) is 22.6. The lowest BCUT2D eigenvalue weighted by Gasteiger charge is -2.45. The second kappa shape index (κ2) is 4.61. The molecule has 4 nitrogen and oxygen atoms in total. The Morgan fingerprint density at radius 2 is 1.94 bits per heavy atom. The molecule has 2 N–H and O–H groups in total. The molecule has 4 rings (SSSR count). The van der Waals surface area contributed by atoms with Gasteiger partial charge < -0.3 is 10.3 Å². The topological polar surface area (TPSA) is 56.1 Å². The van der Waals surface area contributed by atoms with Crippen molar-refractivity contribution in [3.8, 4) is 5.75 Å². The Bertz CT molecular complexity index is 465. The van der Waals surface area contributed by atoms with E-state index in [9.17, 15) is 10.3 Å². The molecule has 3 fully saturated rings. The quantitative estimate of drug-likeness (QED) is 0.618. The number of hydrogen-bond donors (Lipinski definition) is 2. The molecule has 1 aromatic rings. The Morgan fingerprint density at radius 1 is 1.22 bits per heavy atom. The van der Waals surface area contributed by atoms with Crippen LogP contribution in [0.3, 0.4) is 0 Å². The predicted octanol–water partition coefficient (Wildman–Crippen LogP) is 1.86. The number of aromatic hydroxyl groups is 1. The standard InChI is InChI=1S/C14H18N2O2/c17-13-4-2-1-3-11(13)9-12-14(15-18)10-5-7-16(12)8-6-10/h1-4,10,12,17-18H,5-9H2/b15-14+/t12-/m1/s1. The van der Waals surface area contributed by atoms with Gasteiger partial charge in [0, 0.05) is 5.92 Å². The molecule has 0 aromatic heterocycles. The summed E-state index contributed by atoms with van der Waals surface area (Å²) in [5.74, 6) is 0.758. The molecule has 0 spiro atoms. The van der Waals surface area contributed by atoms with Crippen LogP contribution in [-0.2, 0) is 6.42 Å². The molecule has 0 unspecified atom stereocenters. The molecule has 96 valence electrons. The minimum absolute atomic E-state index is 0.149.